The molecule has 0 N–H and O–H groups in total. The summed E-state index contributed by atoms with van der Waals surface area (Å²) < 4.78 is 7.95. The SMILES string of the molecule is CC(=O)Oc1c(C)c(C)c(=O)n2c1sc1ccccc12. The molecule has 1 aromatic carbocycles. The molecule has 20 heavy (non-hydrogen) atoms. The van der Waals surface area contributed by atoms with Gasteiger partial charge < -0.3 is 4.74 Å². The maximum atomic E-state index is 12.5. The van der Waals surface area contributed by atoms with E-state index < -0.39 is 0 Å². The van der Waals surface area contributed by atoms with E-state index in [-0.39, 0.29) is 11.5 Å². The van der Waals surface area contributed by atoms with Gasteiger partial charge in [0.05, 0.1) is 10.2 Å². The summed E-state index contributed by atoms with van der Waals surface area (Å²) in [5, 5.41) is 0. The van der Waals surface area contributed by atoms with E-state index in [9.17, 15) is 9.59 Å². The average molecular weight is 287 g/mol. The molecule has 0 aliphatic rings. The summed E-state index contributed by atoms with van der Waals surface area (Å²) in [5.41, 5.74) is 2.10. The summed E-state index contributed by atoms with van der Waals surface area (Å²) in [6, 6.07) is 7.66. The standard InChI is InChI=1S/C15H13NO3S/c1-8-9(2)14(18)16-11-6-4-5-7-12(11)20-15(16)13(8)19-10(3)17/h4-7H,1-3H3. The van der Waals surface area contributed by atoms with Crippen molar-refractivity contribution in [3.05, 3.63) is 45.7 Å². The van der Waals surface area contributed by atoms with Crippen LogP contribution in [-0.2, 0) is 4.79 Å². The zero-order valence-electron chi connectivity index (χ0n) is 11.4. The fraction of sp³-hybridized carbons (Fsp3) is 0.200. The van der Waals surface area contributed by atoms with E-state index in [0.717, 1.165) is 15.8 Å². The molecule has 0 atom stereocenters. The van der Waals surface area contributed by atoms with Crippen molar-refractivity contribution in [1.29, 1.82) is 0 Å². The maximum absolute atomic E-state index is 12.5. The van der Waals surface area contributed by atoms with E-state index >= 15 is 0 Å². The molecular weight excluding hydrogens is 274 g/mol. The first-order chi connectivity index (χ1) is 9.50. The monoisotopic (exact) mass is 287 g/mol. The number of fused-ring (bicyclic) bond motifs is 3. The number of ether oxygens (including phenoxy) is 1. The Morgan fingerprint density at radius 1 is 1.20 bits per heavy atom. The molecule has 0 saturated heterocycles. The van der Waals surface area contributed by atoms with Gasteiger partial charge in [0.2, 0.25) is 0 Å². The number of thiazole rings is 1. The number of hydrogen-bond acceptors (Lipinski definition) is 4. The molecule has 0 aliphatic carbocycles. The van der Waals surface area contributed by atoms with Crippen LogP contribution in [-0.4, -0.2) is 10.4 Å². The third-order valence-electron chi connectivity index (χ3n) is 3.38. The van der Waals surface area contributed by atoms with Gasteiger partial charge in [-0.1, -0.05) is 12.1 Å². The minimum absolute atomic E-state index is 0.0640. The number of nitrogens with zero attached hydrogens (tertiary/aromatic N) is 1. The molecule has 3 rings (SSSR count). The van der Waals surface area contributed by atoms with Gasteiger partial charge in [0.1, 0.15) is 4.83 Å². The summed E-state index contributed by atoms with van der Waals surface area (Å²) in [5.74, 6) is 0.0984. The van der Waals surface area contributed by atoms with Gasteiger partial charge in [-0.3, -0.25) is 14.0 Å². The number of pyridine rings is 1. The van der Waals surface area contributed by atoms with Crippen LogP contribution in [0.25, 0.3) is 15.0 Å². The Morgan fingerprint density at radius 3 is 2.60 bits per heavy atom. The van der Waals surface area contributed by atoms with Crippen LogP contribution in [0, 0.1) is 13.8 Å². The van der Waals surface area contributed by atoms with Crippen molar-refractivity contribution in [2.24, 2.45) is 0 Å². The van der Waals surface area contributed by atoms with Crippen LogP contribution in [0.15, 0.2) is 29.1 Å². The zero-order chi connectivity index (χ0) is 14.4. The normalized spacial score (nSPS) is 11.2. The summed E-state index contributed by atoms with van der Waals surface area (Å²) >= 11 is 1.45. The van der Waals surface area contributed by atoms with E-state index in [1.165, 1.54) is 18.3 Å². The van der Waals surface area contributed by atoms with Gasteiger partial charge >= 0.3 is 5.97 Å². The van der Waals surface area contributed by atoms with Gasteiger partial charge in [0, 0.05) is 18.1 Å². The Balaban J connectivity index is 2.56. The first-order valence-electron chi connectivity index (χ1n) is 6.22. The Bertz CT molecular complexity index is 905. The largest absolute Gasteiger partial charge is 0.423 e. The van der Waals surface area contributed by atoms with Gasteiger partial charge in [-0.15, -0.1) is 11.3 Å². The van der Waals surface area contributed by atoms with Crippen molar-refractivity contribution in [2.45, 2.75) is 20.8 Å². The Hall–Kier alpha value is -2.14. The van der Waals surface area contributed by atoms with Crippen LogP contribution in [0.4, 0.5) is 0 Å². The lowest BCUT2D eigenvalue weighted by molar-refractivity contribution is -0.131. The molecule has 5 heteroatoms. The van der Waals surface area contributed by atoms with Gasteiger partial charge in [0.25, 0.3) is 5.56 Å². The number of esters is 1. The highest BCUT2D eigenvalue weighted by atomic mass is 32.1. The number of rotatable bonds is 1. The third-order valence-corrected chi connectivity index (χ3v) is 4.51. The highest BCUT2D eigenvalue weighted by molar-refractivity contribution is 7.24. The molecule has 0 bridgehead atoms. The molecule has 0 radical (unpaired) electrons. The van der Waals surface area contributed by atoms with Crippen molar-refractivity contribution in [1.82, 2.24) is 4.40 Å². The second-order valence-corrected chi connectivity index (χ2v) is 5.72. The minimum atomic E-state index is -0.384. The van der Waals surface area contributed by atoms with Crippen molar-refractivity contribution in [3.63, 3.8) is 0 Å². The van der Waals surface area contributed by atoms with E-state index in [0.29, 0.717) is 16.1 Å². The summed E-state index contributed by atoms with van der Waals surface area (Å²) in [4.78, 5) is 24.5. The molecule has 0 saturated carbocycles. The van der Waals surface area contributed by atoms with Crippen LogP contribution in [0.2, 0.25) is 0 Å². The predicted molar refractivity (Wildman–Crippen MR) is 79.8 cm³/mol. The third kappa shape index (κ3) is 1.74. The lowest BCUT2D eigenvalue weighted by Crippen LogP contribution is -2.18. The van der Waals surface area contributed by atoms with E-state index in [1.54, 1.807) is 18.2 Å². The number of carbonyl (C=O) groups excluding carboxylic acids is 1. The topological polar surface area (TPSA) is 47.8 Å². The van der Waals surface area contributed by atoms with Gasteiger partial charge in [0.15, 0.2) is 5.75 Å². The van der Waals surface area contributed by atoms with E-state index in [4.69, 9.17) is 4.74 Å². The fourth-order valence-corrected chi connectivity index (χ4v) is 3.44. The Morgan fingerprint density at radius 2 is 1.90 bits per heavy atom. The number of benzene rings is 1. The molecule has 0 aliphatic heterocycles. The second kappa shape index (κ2) is 4.45. The lowest BCUT2D eigenvalue weighted by Gasteiger charge is -2.09. The molecule has 4 nitrogen and oxygen atoms in total. The first kappa shape index (κ1) is 12.9. The quantitative estimate of drug-likeness (QED) is 0.646. The molecule has 2 aromatic heterocycles. The van der Waals surface area contributed by atoms with Crippen LogP contribution < -0.4 is 10.3 Å². The molecule has 0 amide bonds. The highest BCUT2D eigenvalue weighted by Gasteiger charge is 2.18. The molecule has 0 unspecified atom stereocenters. The van der Waals surface area contributed by atoms with Gasteiger partial charge in [-0.25, -0.2) is 0 Å². The number of para-hydroxylation sites is 1. The highest BCUT2D eigenvalue weighted by Crippen LogP contribution is 2.34. The Kier molecular flexibility index (Phi) is 2.87. The van der Waals surface area contributed by atoms with E-state index in [1.807, 2.05) is 24.3 Å². The van der Waals surface area contributed by atoms with Crippen LogP contribution in [0.5, 0.6) is 5.75 Å². The van der Waals surface area contributed by atoms with Gasteiger partial charge in [-0.05, 0) is 26.0 Å². The molecular formula is C15H13NO3S. The summed E-state index contributed by atoms with van der Waals surface area (Å²) in [7, 11) is 0. The molecule has 0 fully saturated rings. The smallest absolute Gasteiger partial charge is 0.308 e. The summed E-state index contributed by atoms with van der Waals surface area (Å²) in [6.07, 6.45) is 0. The zero-order valence-corrected chi connectivity index (χ0v) is 12.2. The van der Waals surface area contributed by atoms with Crippen molar-refractivity contribution < 1.29 is 9.53 Å². The second-order valence-electron chi connectivity index (χ2n) is 4.69. The van der Waals surface area contributed by atoms with Crippen molar-refractivity contribution >= 4 is 32.4 Å². The lowest BCUT2D eigenvalue weighted by atomic mass is 10.1. The average Bonchev–Trinajstić information content (AvgIpc) is 2.80. The maximum Gasteiger partial charge on any atom is 0.308 e. The van der Waals surface area contributed by atoms with Crippen molar-refractivity contribution in [3.8, 4) is 5.75 Å². The fourth-order valence-electron chi connectivity index (χ4n) is 2.26. The van der Waals surface area contributed by atoms with Crippen LogP contribution >= 0.6 is 11.3 Å². The van der Waals surface area contributed by atoms with Crippen LogP contribution in [0.3, 0.4) is 0 Å². The van der Waals surface area contributed by atoms with Gasteiger partial charge in [-0.2, -0.15) is 0 Å². The molecule has 2 heterocycles. The molecule has 3 aromatic rings. The molecule has 0 spiro atoms. The number of carbonyl (C=O) groups is 1. The number of aromatic nitrogens is 1. The number of hydrogen-bond donors (Lipinski definition) is 0. The van der Waals surface area contributed by atoms with Crippen LogP contribution in [0.1, 0.15) is 18.1 Å². The summed E-state index contributed by atoms with van der Waals surface area (Å²) in [6.45, 7) is 4.92. The molecule has 102 valence electrons. The minimum Gasteiger partial charge on any atom is -0.423 e. The predicted octanol–water partition coefficient (Wildman–Crippen LogP) is 3.06. The first-order valence-corrected chi connectivity index (χ1v) is 7.04. The van der Waals surface area contributed by atoms with E-state index in [2.05, 4.69) is 0 Å². The van der Waals surface area contributed by atoms with Crippen molar-refractivity contribution in [2.75, 3.05) is 0 Å². The Labute approximate surface area is 119 Å².